The summed E-state index contributed by atoms with van der Waals surface area (Å²) in [4.78, 5) is 24.7. The Morgan fingerprint density at radius 2 is 2.20 bits per heavy atom. The summed E-state index contributed by atoms with van der Waals surface area (Å²) in [6.07, 6.45) is 1.96. The van der Waals surface area contributed by atoms with Crippen LogP contribution in [0.5, 0.6) is 0 Å². The highest BCUT2D eigenvalue weighted by molar-refractivity contribution is 5.90. The van der Waals surface area contributed by atoms with E-state index in [0.717, 1.165) is 18.4 Å². The largest absolute Gasteiger partial charge is 0.512 e. The quantitative estimate of drug-likeness (QED) is 0.422. The van der Waals surface area contributed by atoms with Gasteiger partial charge in [-0.15, -0.1) is 0 Å². The van der Waals surface area contributed by atoms with Gasteiger partial charge in [0.2, 0.25) is 11.8 Å². The van der Waals surface area contributed by atoms with Crippen molar-refractivity contribution in [1.82, 2.24) is 10.2 Å². The second-order valence-electron chi connectivity index (χ2n) is 6.98. The van der Waals surface area contributed by atoms with E-state index in [9.17, 15) is 19.8 Å². The highest BCUT2D eigenvalue weighted by Gasteiger charge is 2.56. The second-order valence-corrected chi connectivity index (χ2v) is 6.98. The minimum Gasteiger partial charge on any atom is -0.449 e. The fourth-order valence-electron chi connectivity index (χ4n) is 4.06. The molecule has 0 spiro atoms. The fraction of sp³-hybridized carbons (Fsp3) is 0.647. The average Bonchev–Trinajstić information content (AvgIpc) is 3.08. The number of ether oxygens (including phenoxy) is 1. The smallest absolute Gasteiger partial charge is 0.449 e. The topological polar surface area (TPSA) is 119 Å². The summed E-state index contributed by atoms with van der Waals surface area (Å²) < 4.78 is 4.90. The van der Waals surface area contributed by atoms with Crippen LogP contribution in [0.1, 0.15) is 33.1 Å². The first-order valence-corrected chi connectivity index (χ1v) is 8.54. The van der Waals surface area contributed by atoms with Gasteiger partial charge in [0.1, 0.15) is 0 Å². The Morgan fingerprint density at radius 1 is 1.48 bits per heavy atom. The van der Waals surface area contributed by atoms with Gasteiger partial charge in [0.15, 0.2) is 0 Å². The van der Waals surface area contributed by atoms with Crippen LogP contribution in [0.3, 0.4) is 0 Å². The van der Waals surface area contributed by atoms with E-state index in [1.165, 1.54) is 4.90 Å². The summed E-state index contributed by atoms with van der Waals surface area (Å²) in [5, 5.41) is 31.3. The molecule has 2 saturated heterocycles. The van der Waals surface area contributed by atoms with E-state index < -0.39 is 18.2 Å². The molecule has 0 aromatic carbocycles. The number of rotatable bonds is 5. The maximum atomic E-state index is 12.3. The lowest BCUT2D eigenvalue weighted by Crippen LogP contribution is -2.61. The summed E-state index contributed by atoms with van der Waals surface area (Å²) in [6, 6.07) is -0.100. The van der Waals surface area contributed by atoms with E-state index in [1.807, 2.05) is 13.0 Å². The molecular formula is C17H24N2O6. The van der Waals surface area contributed by atoms with Gasteiger partial charge in [0.25, 0.3) is 0 Å². The number of hydrogen-bond acceptors (Lipinski definition) is 6. The highest BCUT2D eigenvalue weighted by atomic mass is 16.7. The highest BCUT2D eigenvalue weighted by Crippen LogP contribution is 2.46. The third-order valence-corrected chi connectivity index (χ3v) is 5.29. The number of carbonyl (C=O) groups is 2. The summed E-state index contributed by atoms with van der Waals surface area (Å²) >= 11 is 0. The van der Waals surface area contributed by atoms with Crippen LogP contribution >= 0.6 is 0 Å². The first kappa shape index (κ1) is 17.9. The van der Waals surface area contributed by atoms with Crippen molar-refractivity contribution in [2.45, 2.75) is 57.3 Å². The molecular weight excluding hydrogens is 328 g/mol. The van der Waals surface area contributed by atoms with Crippen LogP contribution in [-0.2, 0) is 9.53 Å². The van der Waals surface area contributed by atoms with Gasteiger partial charge in [-0.2, -0.15) is 0 Å². The maximum Gasteiger partial charge on any atom is 0.512 e. The van der Waals surface area contributed by atoms with Crippen LogP contribution < -0.4 is 5.32 Å². The number of hydrogen-bond donors (Lipinski definition) is 4. The monoisotopic (exact) mass is 352 g/mol. The SMILES string of the molecule is CC(=CC1CCC(CO)N1)C1=C(OC(=O)O)N2C(=O)[C@H]([C@@H](C)O)[C@H]2C1. The molecule has 3 heterocycles. The van der Waals surface area contributed by atoms with Crippen molar-refractivity contribution in [3.05, 3.63) is 23.1 Å². The van der Waals surface area contributed by atoms with Crippen LogP contribution in [0.15, 0.2) is 23.1 Å². The molecule has 2 fully saturated rings. The van der Waals surface area contributed by atoms with Gasteiger partial charge in [-0.1, -0.05) is 6.08 Å². The van der Waals surface area contributed by atoms with Crippen molar-refractivity contribution in [3.63, 3.8) is 0 Å². The van der Waals surface area contributed by atoms with E-state index in [2.05, 4.69) is 5.32 Å². The van der Waals surface area contributed by atoms with Crippen LogP contribution in [0.25, 0.3) is 0 Å². The van der Waals surface area contributed by atoms with E-state index in [0.29, 0.717) is 12.0 Å². The van der Waals surface area contributed by atoms with E-state index in [1.54, 1.807) is 6.92 Å². The number of nitrogens with zero attached hydrogens (tertiary/aromatic N) is 1. The normalized spacial score (nSPS) is 33.4. The molecule has 1 amide bonds. The summed E-state index contributed by atoms with van der Waals surface area (Å²) in [6.45, 7) is 3.51. The third kappa shape index (κ3) is 3.17. The van der Waals surface area contributed by atoms with Crippen LogP contribution in [0, 0.1) is 5.92 Å². The number of fused-ring (bicyclic) bond motifs is 1. The van der Waals surface area contributed by atoms with Gasteiger partial charge in [0.05, 0.1) is 24.7 Å². The standard InChI is InChI=1S/C17H24N2O6/c1-8(5-10-3-4-11(7-20)18-10)12-6-13-14(9(2)21)15(22)19(13)16(12)25-17(23)24/h5,9-11,13-14,18,20-21H,3-4,6-7H2,1-2H3,(H,23,24)/t9-,10?,11?,13-,14-/m1/s1. The molecule has 0 radical (unpaired) electrons. The zero-order valence-electron chi connectivity index (χ0n) is 14.3. The number of aliphatic hydroxyl groups is 2. The predicted molar refractivity (Wildman–Crippen MR) is 87.3 cm³/mol. The maximum absolute atomic E-state index is 12.3. The molecule has 3 rings (SSSR count). The Morgan fingerprint density at radius 3 is 2.76 bits per heavy atom. The van der Waals surface area contributed by atoms with Crippen LogP contribution in [-0.4, -0.2) is 63.1 Å². The Hall–Kier alpha value is -1.90. The number of aliphatic hydroxyl groups excluding tert-OH is 2. The zero-order chi connectivity index (χ0) is 18.3. The van der Waals surface area contributed by atoms with Gasteiger partial charge >= 0.3 is 6.16 Å². The molecule has 8 nitrogen and oxygen atoms in total. The van der Waals surface area contributed by atoms with Gasteiger partial charge in [-0.3, -0.25) is 9.69 Å². The first-order chi connectivity index (χ1) is 11.8. The number of β-lactam (4-membered cyclic amide) rings is 1. The number of carbonyl (C=O) groups excluding carboxylic acids is 1. The van der Waals surface area contributed by atoms with Crippen molar-refractivity contribution in [2.24, 2.45) is 5.92 Å². The van der Waals surface area contributed by atoms with Crippen molar-refractivity contribution in [1.29, 1.82) is 0 Å². The molecule has 8 heteroatoms. The fourth-order valence-corrected chi connectivity index (χ4v) is 4.06. The molecule has 2 unspecified atom stereocenters. The lowest BCUT2D eigenvalue weighted by Gasteiger charge is -2.44. The van der Waals surface area contributed by atoms with Crippen LogP contribution in [0.2, 0.25) is 0 Å². The van der Waals surface area contributed by atoms with Crippen LogP contribution in [0.4, 0.5) is 4.79 Å². The minimum absolute atomic E-state index is 0.0601. The molecule has 5 atom stereocenters. The van der Waals surface area contributed by atoms with E-state index >= 15 is 0 Å². The van der Waals surface area contributed by atoms with Crippen molar-refractivity contribution >= 4 is 12.1 Å². The molecule has 0 aromatic heterocycles. The van der Waals surface area contributed by atoms with Gasteiger partial charge in [0, 0.05) is 17.7 Å². The number of carboxylic acid groups (broad SMARTS) is 1. The molecule has 0 saturated carbocycles. The Bertz CT molecular complexity index is 641. The zero-order valence-corrected chi connectivity index (χ0v) is 14.3. The lowest BCUT2D eigenvalue weighted by molar-refractivity contribution is -0.160. The third-order valence-electron chi connectivity index (χ3n) is 5.29. The molecule has 0 bridgehead atoms. The predicted octanol–water partition coefficient (Wildman–Crippen LogP) is 0.563. The first-order valence-electron chi connectivity index (χ1n) is 8.54. The molecule has 3 aliphatic rings. The minimum atomic E-state index is -1.46. The Labute approximate surface area is 145 Å². The molecule has 0 aliphatic carbocycles. The molecule has 0 aromatic rings. The lowest BCUT2D eigenvalue weighted by atomic mass is 9.82. The number of amides is 1. The van der Waals surface area contributed by atoms with Gasteiger partial charge < -0.3 is 25.4 Å². The average molecular weight is 352 g/mol. The molecule has 3 aliphatic heterocycles. The number of allylic oxidation sites excluding steroid dienone is 1. The Kier molecular flexibility index (Phi) is 4.86. The van der Waals surface area contributed by atoms with E-state index in [4.69, 9.17) is 9.84 Å². The van der Waals surface area contributed by atoms with Gasteiger partial charge in [-0.25, -0.2) is 4.79 Å². The molecule has 25 heavy (non-hydrogen) atoms. The summed E-state index contributed by atoms with van der Waals surface area (Å²) in [7, 11) is 0. The van der Waals surface area contributed by atoms with Crippen molar-refractivity contribution in [2.75, 3.05) is 6.61 Å². The molecule has 138 valence electrons. The second kappa shape index (κ2) is 6.78. The molecule has 4 N–H and O–H groups in total. The van der Waals surface area contributed by atoms with Crippen molar-refractivity contribution in [3.8, 4) is 0 Å². The summed E-state index contributed by atoms with van der Waals surface area (Å²) in [5.41, 5.74) is 1.53. The van der Waals surface area contributed by atoms with Crippen molar-refractivity contribution < 1.29 is 29.6 Å². The van der Waals surface area contributed by atoms with Gasteiger partial charge in [-0.05, 0) is 38.7 Å². The van der Waals surface area contributed by atoms with E-state index in [-0.39, 0.29) is 36.5 Å². The summed E-state index contributed by atoms with van der Waals surface area (Å²) in [5.74, 6) is -0.774. The number of nitrogens with one attached hydrogen (secondary N) is 1. The Balaban J connectivity index is 1.84.